The minimum Gasteiger partial charge on any atom is -0.486 e. The lowest BCUT2D eigenvalue weighted by Crippen LogP contribution is -2.44. The monoisotopic (exact) mass is 299 g/mol. The average Bonchev–Trinajstić information content (AvgIpc) is 3.02. The van der Waals surface area contributed by atoms with Gasteiger partial charge in [-0.15, -0.1) is 0 Å². The molecule has 0 N–H and O–H groups in total. The van der Waals surface area contributed by atoms with Gasteiger partial charge in [-0.3, -0.25) is 9.69 Å². The molecule has 1 aromatic heterocycles. The van der Waals surface area contributed by atoms with Crippen LogP contribution in [-0.4, -0.2) is 34.9 Å². The topological polar surface area (TPSA) is 56.6 Å². The van der Waals surface area contributed by atoms with Crippen LogP contribution in [0.5, 0.6) is 11.5 Å². The zero-order valence-electron chi connectivity index (χ0n) is 12.4. The van der Waals surface area contributed by atoms with E-state index in [-0.39, 0.29) is 11.9 Å². The molecular weight excluding hydrogens is 282 g/mol. The van der Waals surface area contributed by atoms with Crippen molar-refractivity contribution in [1.29, 1.82) is 0 Å². The number of ether oxygens (including phenoxy) is 2. The SMILES string of the molecule is CC1CCn2nccc2N1C(=O)c1cccc2c1OCCO2. The predicted molar refractivity (Wildman–Crippen MR) is 80.5 cm³/mol. The Morgan fingerprint density at radius 3 is 3.05 bits per heavy atom. The molecule has 0 aliphatic carbocycles. The Bertz CT molecular complexity index is 725. The van der Waals surface area contributed by atoms with E-state index in [0.717, 1.165) is 18.8 Å². The fourth-order valence-electron chi connectivity index (χ4n) is 3.04. The molecular formula is C16H17N3O3. The van der Waals surface area contributed by atoms with Crippen molar-refractivity contribution in [2.75, 3.05) is 18.1 Å². The van der Waals surface area contributed by atoms with Crippen molar-refractivity contribution >= 4 is 11.7 Å². The number of nitrogens with zero attached hydrogens (tertiary/aromatic N) is 3. The van der Waals surface area contributed by atoms with Crippen LogP contribution >= 0.6 is 0 Å². The second-order valence-electron chi connectivity index (χ2n) is 5.56. The number of hydrogen-bond donors (Lipinski definition) is 0. The van der Waals surface area contributed by atoms with Crippen LogP contribution in [0.15, 0.2) is 30.5 Å². The maximum absolute atomic E-state index is 13.1. The first kappa shape index (κ1) is 13.2. The molecule has 2 aliphatic rings. The fraction of sp³-hybridized carbons (Fsp3) is 0.375. The summed E-state index contributed by atoms with van der Waals surface area (Å²) < 4.78 is 13.1. The Labute approximate surface area is 128 Å². The second-order valence-corrected chi connectivity index (χ2v) is 5.56. The number of fused-ring (bicyclic) bond motifs is 2. The molecule has 1 amide bonds. The highest BCUT2D eigenvalue weighted by atomic mass is 16.6. The second kappa shape index (κ2) is 5.05. The molecule has 3 heterocycles. The number of hydrogen-bond acceptors (Lipinski definition) is 4. The normalized spacial score (nSPS) is 19.7. The van der Waals surface area contributed by atoms with Gasteiger partial charge in [0.15, 0.2) is 11.5 Å². The van der Waals surface area contributed by atoms with Gasteiger partial charge in [-0.1, -0.05) is 6.07 Å². The van der Waals surface area contributed by atoms with Crippen LogP contribution in [0.3, 0.4) is 0 Å². The minimum absolute atomic E-state index is 0.0729. The lowest BCUT2D eigenvalue weighted by molar-refractivity contribution is 0.0959. The lowest BCUT2D eigenvalue weighted by Gasteiger charge is -2.34. The lowest BCUT2D eigenvalue weighted by atomic mass is 10.1. The summed E-state index contributed by atoms with van der Waals surface area (Å²) in [6.07, 6.45) is 2.61. The maximum Gasteiger partial charge on any atom is 0.263 e. The molecule has 2 aliphatic heterocycles. The molecule has 0 fully saturated rings. The Kier molecular flexibility index (Phi) is 3.03. The Morgan fingerprint density at radius 2 is 2.14 bits per heavy atom. The van der Waals surface area contributed by atoms with Crippen LogP contribution in [0.4, 0.5) is 5.82 Å². The van der Waals surface area contributed by atoms with E-state index in [0.29, 0.717) is 30.3 Å². The van der Waals surface area contributed by atoms with E-state index >= 15 is 0 Å². The van der Waals surface area contributed by atoms with E-state index in [1.165, 1.54) is 0 Å². The first-order valence-electron chi connectivity index (χ1n) is 7.49. The van der Waals surface area contributed by atoms with Crippen LogP contribution in [0.1, 0.15) is 23.7 Å². The zero-order valence-corrected chi connectivity index (χ0v) is 12.4. The number of carbonyl (C=O) groups is 1. The van der Waals surface area contributed by atoms with Gasteiger partial charge in [-0.2, -0.15) is 5.10 Å². The third-order valence-corrected chi connectivity index (χ3v) is 4.16. The average molecular weight is 299 g/mol. The van der Waals surface area contributed by atoms with Gasteiger partial charge in [0, 0.05) is 18.7 Å². The van der Waals surface area contributed by atoms with Crippen LogP contribution in [-0.2, 0) is 6.54 Å². The number of amides is 1. The van der Waals surface area contributed by atoms with Gasteiger partial charge < -0.3 is 9.47 Å². The molecule has 1 atom stereocenters. The maximum atomic E-state index is 13.1. The quantitative estimate of drug-likeness (QED) is 0.809. The first-order chi connectivity index (χ1) is 10.8. The number of para-hydroxylation sites is 1. The number of aryl methyl sites for hydroxylation is 1. The van der Waals surface area contributed by atoms with Crippen LogP contribution in [0.25, 0.3) is 0 Å². The zero-order chi connectivity index (χ0) is 15.1. The number of rotatable bonds is 1. The van der Waals surface area contributed by atoms with Gasteiger partial charge >= 0.3 is 0 Å². The summed E-state index contributed by atoms with van der Waals surface area (Å²) in [6.45, 7) is 3.86. The van der Waals surface area contributed by atoms with Gasteiger partial charge in [-0.05, 0) is 25.5 Å². The number of anilines is 1. The molecule has 1 unspecified atom stereocenters. The van der Waals surface area contributed by atoms with Gasteiger partial charge in [0.05, 0.1) is 11.8 Å². The summed E-state index contributed by atoms with van der Waals surface area (Å²) in [4.78, 5) is 14.9. The predicted octanol–water partition coefficient (Wildman–Crippen LogP) is 2.09. The summed E-state index contributed by atoms with van der Waals surface area (Å²) in [5.74, 6) is 1.94. The van der Waals surface area contributed by atoms with Crippen LogP contribution < -0.4 is 14.4 Å². The number of carbonyl (C=O) groups excluding carboxylic acids is 1. The number of aromatic nitrogens is 2. The van der Waals surface area contributed by atoms with Crippen molar-refractivity contribution in [2.24, 2.45) is 0 Å². The van der Waals surface area contributed by atoms with Crippen molar-refractivity contribution in [3.05, 3.63) is 36.0 Å². The highest BCUT2D eigenvalue weighted by molar-refractivity contribution is 6.08. The van der Waals surface area contributed by atoms with E-state index in [4.69, 9.17) is 9.47 Å². The standard InChI is InChI=1S/C16H17N3O3/c1-11-6-8-18-14(5-7-17-18)19(11)16(20)12-3-2-4-13-15(12)22-10-9-21-13/h2-5,7,11H,6,8-10H2,1H3. The molecule has 114 valence electrons. The molecule has 22 heavy (non-hydrogen) atoms. The smallest absolute Gasteiger partial charge is 0.263 e. The Hall–Kier alpha value is -2.50. The summed E-state index contributed by atoms with van der Waals surface area (Å²) >= 11 is 0. The third kappa shape index (κ3) is 1.94. The van der Waals surface area contributed by atoms with Crippen LogP contribution in [0.2, 0.25) is 0 Å². The van der Waals surface area contributed by atoms with Gasteiger partial charge in [-0.25, -0.2) is 4.68 Å². The van der Waals surface area contributed by atoms with Gasteiger partial charge in [0.1, 0.15) is 19.0 Å². The molecule has 6 heteroatoms. The van der Waals surface area contributed by atoms with Crippen molar-refractivity contribution < 1.29 is 14.3 Å². The summed E-state index contributed by atoms with van der Waals surface area (Å²) in [5.41, 5.74) is 0.540. The minimum atomic E-state index is -0.0729. The highest BCUT2D eigenvalue weighted by Crippen LogP contribution is 2.36. The van der Waals surface area contributed by atoms with Crippen molar-refractivity contribution in [3.8, 4) is 11.5 Å². The molecule has 2 aromatic rings. The highest BCUT2D eigenvalue weighted by Gasteiger charge is 2.32. The fourth-order valence-corrected chi connectivity index (χ4v) is 3.04. The summed E-state index contributed by atoms with van der Waals surface area (Å²) in [5, 5.41) is 4.27. The Balaban J connectivity index is 1.77. The molecule has 0 saturated carbocycles. The Morgan fingerprint density at radius 1 is 1.27 bits per heavy atom. The van der Waals surface area contributed by atoms with E-state index in [9.17, 15) is 4.79 Å². The summed E-state index contributed by atoms with van der Waals surface area (Å²) in [7, 11) is 0. The third-order valence-electron chi connectivity index (χ3n) is 4.16. The van der Waals surface area contributed by atoms with Crippen molar-refractivity contribution in [2.45, 2.75) is 25.9 Å². The van der Waals surface area contributed by atoms with Gasteiger partial charge in [0.25, 0.3) is 5.91 Å². The van der Waals surface area contributed by atoms with E-state index in [1.807, 2.05) is 22.9 Å². The van der Waals surface area contributed by atoms with E-state index in [1.54, 1.807) is 17.2 Å². The molecule has 0 radical (unpaired) electrons. The van der Waals surface area contributed by atoms with E-state index in [2.05, 4.69) is 12.0 Å². The molecule has 4 rings (SSSR count). The number of benzene rings is 1. The molecule has 1 aromatic carbocycles. The molecule has 6 nitrogen and oxygen atoms in total. The van der Waals surface area contributed by atoms with Crippen molar-refractivity contribution in [1.82, 2.24) is 9.78 Å². The molecule has 0 saturated heterocycles. The van der Waals surface area contributed by atoms with E-state index < -0.39 is 0 Å². The first-order valence-corrected chi connectivity index (χ1v) is 7.49. The van der Waals surface area contributed by atoms with Crippen molar-refractivity contribution in [3.63, 3.8) is 0 Å². The van der Waals surface area contributed by atoms with Crippen LogP contribution in [0, 0.1) is 0 Å². The van der Waals surface area contributed by atoms with Gasteiger partial charge in [0.2, 0.25) is 0 Å². The summed E-state index contributed by atoms with van der Waals surface area (Å²) in [6, 6.07) is 7.44. The molecule has 0 spiro atoms. The largest absolute Gasteiger partial charge is 0.486 e. The molecule has 0 bridgehead atoms.